The number of terminal acetylenes is 1. The van der Waals surface area contributed by atoms with E-state index in [1.54, 1.807) is 12.2 Å². The molecule has 0 saturated heterocycles. The van der Waals surface area contributed by atoms with Gasteiger partial charge < -0.3 is 4.42 Å². The highest BCUT2D eigenvalue weighted by atomic mass is 16.3. The summed E-state index contributed by atoms with van der Waals surface area (Å²) in [6, 6.07) is 9.82. The molecule has 2 rings (SSSR count). The van der Waals surface area contributed by atoms with E-state index in [4.69, 9.17) is 10.8 Å². The first kappa shape index (κ1) is 7.70. The van der Waals surface area contributed by atoms with Crippen LogP contribution >= 0.6 is 0 Å². The smallest absolute Gasteiger partial charge is 0.134 e. The second kappa shape index (κ2) is 3.20. The minimum Gasteiger partial charge on any atom is -0.457 e. The average Bonchev–Trinajstić information content (AvgIpc) is 2.57. The van der Waals surface area contributed by atoms with Crippen molar-refractivity contribution in [2.45, 2.75) is 0 Å². The first-order valence-corrected chi connectivity index (χ1v) is 4.01. The SMILES string of the molecule is C#C/C=C\c1cc2ccccc2o1. The normalized spacial score (nSPS) is 10.7. The van der Waals surface area contributed by atoms with Crippen LogP contribution in [0.1, 0.15) is 5.76 Å². The average molecular weight is 168 g/mol. The maximum atomic E-state index is 5.49. The van der Waals surface area contributed by atoms with Crippen molar-refractivity contribution in [3.63, 3.8) is 0 Å². The van der Waals surface area contributed by atoms with Gasteiger partial charge in [0.15, 0.2) is 0 Å². The summed E-state index contributed by atoms with van der Waals surface area (Å²) in [6.07, 6.45) is 8.49. The van der Waals surface area contributed by atoms with Crippen LogP contribution in [0.15, 0.2) is 40.8 Å². The van der Waals surface area contributed by atoms with Gasteiger partial charge in [-0.2, -0.15) is 0 Å². The van der Waals surface area contributed by atoms with E-state index >= 15 is 0 Å². The molecular formula is C12H8O. The minimum atomic E-state index is 0.791. The van der Waals surface area contributed by atoms with Crippen LogP contribution in [-0.2, 0) is 0 Å². The van der Waals surface area contributed by atoms with Crippen molar-refractivity contribution in [2.75, 3.05) is 0 Å². The first-order chi connectivity index (χ1) is 6.40. The molecule has 1 heterocycles. The van der Waals surface area contributed by atoms with Gasteiger partial charge in [0.05, 0.1) is 0 Å². The Morgan fingerprint density at radius 2 is 2.15 bits per heavy atom. The number of rotatable bonds is 1. The van der Waals surface area contributed by atoms with Crippen molar-refractivity contribution in [2.24, 2.45) is 0 Å². The van der Waals surface area contributed by atoms with E-state index < -0.39 is 0 Å². The second-order valence-electron chi connectivity index (χ2n) is 2.69. The van der Waals surface area contributed by atoms with Crippen LogP contribution in [0.5, 0.6) is 0 Å². The largest absolute Gasteiger partial charge is 0.457 e. The lowest BCUT2D eigenvalue weighted by molar-refractivity contribution is 0.604. The molecule has 0 N–H and O–H groups in total. The van der Waals surface area contributed by atoms with Gasteiger partial charge in [-0.3, -0.25) is 0 Å². The molecule has 1 aromatic carbocycles. The molecule has 0 fully saturated rings. The molecule has 0 aliphatic carbocycles. The summed E-state index contributed by atoms with van der Waals surface area (Å²) in [6.45, 7) is 0. The Balaban J connectivity index is 2.51. The number of furan rings is 1. The summed E-state index contributed by atoms with van der Waals surface area (Å²) >= 11 is 0. The molecule has 1 nitrogen and oxygen atoms in total. The molecule has 0 atom stereocenters. The quantitative estimate of drug-likeness (QED) is 0.596. The predicted molar refractivity (Wildman–Crippen MR) is 54.1 cm³/mol. The summed E-state index contributed by atoms with van der Waals surface area (Å²) in [5.41, 5.74) is 0.888. The first-order valence-electron chi connectivity index (χ1n) is 4.01. The van der Waals surface area contributed by atoms with Gasteiger partial charge in [-0.1, -0.05) is 24.1 Å². The monoisotopic (exact) mass is 168 g/mol. The highest BCUT2D eigenvalue weighted by Gasteiger charge is 1.97. The molecule has 0 aliphatic rings. The van der Waals surface area contributed by atoms with Crippen LogP contribution < -0.4 is 0 Å². The Morgan fingerprint density at radius 1 is 1.31 bits per heavy atom. The molecule has 2 aromatic rings. The molecule has 1 heteroatoms. The highest BCUT2D eigenvalue weighted by Crippen LogP contribution is 2.19. The van der Waals surface area contributed by atoms with E-state index in [0.717, 1.165) is 16.7 Å². The van der Waals surface area contributed by atoms with Gasteiger partial charge in [-0.05, 0) is 24.3 Å². The van der Waals surface area contributed by atoms with Gasteiger partial charge in [-0.15, -0.1) is 6.42 Å². The Hall–Kier alpha value is -1.94. The molecule has 0 aliphatic heterocycles. The van der Waals surface area contributed by atoms with Crippen molar-refractivity contribution >= 4 is 17.0 Å². The van der Waals surface area contributed by atoms with Crippen molar-refractivity contribution in [3.8, 4) is 12.3 Å². The standard InChI is InChI=1S/C12H8O/c1-2-3-7-11-9-10-6-4-5-8-12(10)13-11/h1,3-9H/b7-3-. The fourth-order valence-corrected chi connectivity index (χ4v) is 1.21. The van der Waals surface area contributed by atoms with Crippen LogP contribution in [0.2, 0.25) is 0 Å². The van der Waals surface area contributed by atoms with E-state index in [1.165, 1.54) is 0 Å². The molecule has 62 valence electrons. The molecule has 0 spiro atoms. The second-order valence-corrected chi connectivity index (χ2v) is 2.69. The molecular weight excluding hydrogens is 160 g/mol. The molecule has 0 unspecified atom stereocenters. The van der Waals surface area contributed by atoms with Crippen molar-refractivity contribution in [1.29, 1.82) is 0 Å². The zero-order chi connectivity index (χ0) is 9.10. The lowest BCUT2D eigenvalue weighted by Gasteiger charge is -1.82. The number of hydrogen-bond donors (Lipinski definition) is 0. The number of hydrogen-bond acceptors (Lipinski definition) is 1. The highest BCUT2D eigenvalue weighted by molar-refractivity contribution is 5.79. The molecule has 1 aromatic heterocycles. The van der Waals surface area contributed by atoms with E-state index in [2.05, 4.69) is 5.92 Å². The Kier molecular flexibility index (Phi) is 1.90. The number of para-hydroxylation sites is 1. The van der Waals surface area contributed by atoms with E-state index in [1.807, 2.05) is 30.3 Å². The summed E-state index contributed by atoms with van der Waals surface area (Å²) in [7, 11) is 0. The summed E-state index contributed by atoms with van der Waals surface area (Å²) in [4.78, 5) is 0. The van der Waals surface area contributed by atoms with Crippen LogP contribution in [0, 0.1) is 12.3 Å². The lowest BCUT2D eigenvalue weighted by atomic mass is 10.2. The van der Waals surface area contributed by atoms with Gasteiger partial charge in [0.2, 0.25) is 0 Å². The predicted octanol–water partition coefficient (Wildman–Crippen LogP) is 3.08. The third-order valence-corrected chi connectivity index (χ3v) is 1.79. The van der Waals surface area contributed by atoms with Crippen LogP contribution in [0.4, 0.5) is 0 Å². The number of fused-ring (bicyclic) bond motifs is 1. The van der Waals surface area contributed by atoms with E-state index in [0.29, 0.717) is 0 Å². The topological polar surface area (TPSA) is 13.1 Å². The van der Waals surface area contributed by atoms with Gasteiger partial charge in [-0.25, -0.2) is 0 Å². The fourth-order valence-electron chi connectivity index (χ4n) is 1.21. The van der Waals surface area contributed by atoms with E-state index in [-0.39, 0.29) is 0 Å². The van der Waals surface area contributed by atoms with Crippen molar-refractivity contribution in [3.05, 3.63) is 42.2 Å². The Bertz CT molecular complexity index is 450. The third kappa shape index (κ3) is 1.47. The van der Waals surface area contributed by atoms with Gasteiger partial charge in [0.25, 0.3) is 0 Å². The summed E-state index contributed by atoms with van der Waals surface area (Å²) < 4.78 is 5.49. The molecule has 13 heavy (non-hydrogen) atoms. The van der Waals surface area contributed by atoms with Crippen molar-refractivity contribution < 1.29 is 4.42 Å². The van der Waals surface area contributed by atoms with Gasteiger partial charge in [0, 0.05) is 5.39 Å². The minimum absolute atomic E-state index is 0.791. The number of benzene rings is 1. The summed E-state index contributed by atoms with van der Waals surface area (Å²) in [5.74, 6) is 3.21. The Labute approximate surface area is 76.7 Å². The third-order valence-electron chi connectivity index (χ3n) is 1.79. The molecule has 0 bridgehead atoms. The van der Waals surface area contributed by atoms with Crippen molar-refractivity contribution in [1.82, 2.24) is 0 Å². The van der Waals surface area contributed by atoms with Gasteiger partial charge >= 0.3 is 0 Å². The maximum Gasteiger partial charge on any atom is 0.134 e. The zero-order valence-electron chi connectivity index (χ0n) is 7.03. The molecule has 0 saturated carbocycles. The Morgan fingerprint density at radius 3 is 2.92 bits per heavy atom. The van der Waals surface area contributed by atoms with Crippen LogP contribution in [-0.4, -0.2) is 0 Å². The maximum absolute atomic E-state index is 5.49. The molecule has 0 radical (unpaired) electrons. The summed E-state index contributed by atoms with van der Waals surface area (Å²) in [5, 5.41) is 1.10. The fraction of sp³-hybridized carbons (Fsp3) is 0. The number of allylic oxidation sites excluding steroid dienone is 1. The lowest BCUT2D eigenvalue weighted by Crippen LogP contribution is -1.57. The van der Waals surface area contributed by atoms with Crippen LogP contribution in [0.25, 0.3) is 17.0 Å². The van der Waals surface area contributed by atoms with E-state index in [9.17, 15) is 0 Å². The van der Waals surface area contributed by atoms with Crippen LogP contribution in [0.3, 0.4) is 0 Å². The van der Waals surface area contributed by atoms with Gasteiger partial charge in [0.1, 0.15) is 11.3 Å². The molecule has 0 amide bonds. The zero-order valence-corrected chi connectivity index (χ0v) is 7.03.